The quantitative estimate of drug-likeness (QED) is 0.874. The van der Waals surface area contributed by atoms with Crippen molar-refractivity contribution < 1.29 is 0 Å². The van der Waals surface area contributed by atoms with Crippen molar-refractivity contribution in [3.05, 3.63) is 40.2 Å². The van der Waals surface area contributed by atoms with Crippen molar-refractivity contribution in [3.8, 4) is 5.69 Å². The van der Waals surface area contributed by atoms with Crippen molar-refractivity contribution in [3.63, 3.8) is 0 Å². The number of nitrogens with zero attached hydrogens (tertiary/aromatic N) is 2. The monoisotopic (exact) mass is 327 g/mol. The van der Waals surface area contributed by atoms with E-state index in [-0.39, 0.29) is 0 Å². The molecule has 3 nitrogen and oxygen atoms in total. The summed E-state index contributed by atoms with van der Waals surface area (Å²) in [6.45, 7) is 3.09. The van der Waals surface area contributed by atoms with Crippen LogP contribution in [-0.4, -0.2) is 16.1 Å². The van der Waals surface area contributed by atoms with E-state index >= 15 is 0 Å². The Kier molecular flexibility index (Phi) is 3.82. The van der Waals surface area contributed by atoms with Gasteiger partial charge in [-0.15, -0.1) is 0 Å². The Labute approximate surface area is 109 Å². The number of para-hydroxylation sites is 1. The lowest BCUT2D eigenvalue weighted by atomic mass is 10.3. The van der Waals surface area contributed by atoms with Crippen LogP contribution >= 0.6 is 22.6 Å². The molecule has 1 heterocycles. The van der Waals surface area contributed by atoms with Crippen LogP contribution in [0.15, 0.2) is 36.7 Å². The summed E-state index contributed by atoms with van der Waals surface area (Å²) in [7, 11) is 0. The molecule has 84 valence electrons. The molecule has 2 aromatic rings. The Morgan fingerprint density at radius 3 is 2.94 bits per heavy atom. The SMILES string of the molecule is CCCNc1nccn1-c1ccccc1I. The second-order valence-electron chi connectivity index (χ2n) is 3.50. The van der Waals surface area contributed by atoms with Gasteiger partial charge >= 0.3 is 0 Å². The van der Waals surface area contributed by atoms with Crippen molar-refractivity contribution in [1.29, 1.82) is 0 Å². The number of benzene rings is 1. The molecule has 0 saturated carbocycles. The molecule has 0 aliphatic rings. The molecule has 0 saturated heterocycles. The van der Waals surface area contributed by atoms with E-state index in [9.17, 15) is 0 Å². The van der Waals surface area contributed by atoms with E-state index in [0.717, 1.165) is 18.9 Å². The summed E-state index contributed by atoms with van der Waals surface area (Å²) in [6.07, 6.45) is 4.90. The minimum atomic E-state index is 0.908. The fourth-order valence-electron chi connectivity index (χ4n) is 1.51. The number of nitrogens with one attached hydrogen (secondary N) is 1. The third-order valence-corrected chi connectivity index (χ3v) is 3.20. The molecule has 1 N–H and O–H groups in total. The zero-order valence-electron chi connectivity index (χ0n) is 9.15. The van der Waals surface area contributed by atoms with Crippen LogP contribution in [0.1, 0.15) is 13.3 Å². The van der Waals surface area contributed by atoms with Crippen molar-refractivity contribution in [1.82, 2.24) is 9.55 Å². The minimum Gasteiger partial charge on any atom is -0.355 e. The van der Waals surface area contributed by atoms with Gasteiger partial charge in [0.1, 0.15) is 0 Å². The minimum absolute atomic E-state index is 0.908. The topological polar surface area (TPSA) is 29.9 Å². The van der Waals surface area contributed by atoms with Crippen LogP contribution in [0.25, 0.3) is 5.69 Å². The Balaban J connectivity index is 2.33. The molecule has 0 amide bonds. The number of rotatable bonds is 4. The molecule has 2 rings (SSSR count). The molecule has 0 aliphatic heterocycles. The second-order valence-corrected chi connectivity index (χ2v) is 4.66. The van der Waals surface area contributed by atoms with Gasteiger partial charge in [0.05, 0.1) is 5.69 Å². The van der Waals surface area contributed by atoms with E-state index in [1.807, 2.05) is 24.5 Å². The third kappa shape index (κ3) is 2.37. The highest BCUT2D eigenvalue weighted by atomic mass is 127. The van der Waals surface area contributed by atoms with Crippen LogP contribution in [0.2, 0.25) is 0 Å². The molecule has 0 atom stereocenters. The van der Waals surface area contributed by atoms with Gasteiger partial charge < -0.3 is 5.32 Å². The molecular weight excluding hydrogens is 313 g/mol. The molecule has 0 unspecified atom stereocenters. The highest BCUT2D eigenvalue weighted by Crippen LogP contribution is 2.20. The van der Waals surface area contributed by atoms with Crippen LogP contribution in [0, 0.1) is 3.57 Å². The standard InChI is InChI=1S/C12H14IN3/c1-2-7-14-12-15-8-9-16(12)11-6-4-3-5-10(11)13/h3-6,8-9H,2,7H2,1H3,(H,14,15). The van der Waals surface area contributed by atoms with Crippen molar-refractivity contribution in [2.75, 3.05) is 11.9 Å². The fraction of sp³-hybridized carbons (Fsp3) is 0.250. The smallest absolute Gasteiger partial charge is 0.207 e. The lowest BCUT2D eigenvalue weighted by molar-refractivity contribution is 0.935. The van der Waals surface area contributed by atoms with Gasteiger partial charge in [-0.2, -0.15) is 0 Å². The summed E-state index contributed by atoms with van der Waals surface area (Å²) in [6, 6.07) is 8.28. The Bertz CT molecular complexity index is 465. The number of anilines is 1. The van der Waals surface area contributed by atoms with Crippen molar-refractivity contribution in [2.24, 2.45) is 0 Å². The summed E-state index contributed by atoms with van der Waals surface area (Å²) in [5, 5.41) is 3.32. The van der Waals surface area contributed by atoms with E-state index in [2.05, 4.69) is 56.5 Å². The first kappa shape index (κ1) is 11.4. The average molecular weight is 327 g/mol. The van der Waals surface area contributed by atoms with Crippen LogP contribution in [-0.2, 0) is 0 Å². The van der Waals surface area contributed by atoms with Crippen LogP contribution in [0.5, 0.6) is 0 Å². The lowest BCUT2D eigenvalue weighted by Gasteiger charge is -2.10. The molecule has 1 aromatic carbocycles. The predicted molar refractivity (Wildman–Crippen MR) is 75.1 cm³/mol. The molecule has 0 aliphatic carbocycles. The first-order valence-electron chi connectivity index (χ1n) is 5.35. The fourth-order valence-corrected chi connectivity index (χ4v) is 2.16. The van der Waals surface area contributed by atoms with Crippen molar-refractivity contribution in [2.45, 2.75) is 13.3 Å². The molecule has 0 radical (unpaired) electrons. The predicted octanol–water partition coefficient (Wildman–Crippen LogP) is 3.30. The van der Waals surface area contributed by atoms with Gasteiger partial charge in [-0.25, -0.2) is 4.98 Å². The van der Waals surface area contributed by atoms with E-state index in [0.29, 0.717) is 0 Å². The lowest BCUT2D eigenvalue weighted by Crippen LogP contribution is -2.07. The molecule has 1 aromatic heterocycles. The molecule has 4 heteroatoms. The summed E-state index contributed by atoms with van der Waals surface area (Å²) in [5.74, 6) is 0.908. The molecule has 0 spiro atoms. The van der Waals surface area contributed by atoms with Gasteiger partial charge in [-0.05, 0) is 41.1 Å². The number of halogens is 1. The molecule has 0 bridgehead atoms. The Hall–Kier alpha value is -1.04. The van der Waals surface area contributed by atoms with Gasteiger partial charge in [-0.3, -0.25) is 4.57 Å². The van der Waals surface area contributed by atoms with E-state index < -0.39 is 0 Å². The van der Waals surface area contributed by atoms with Crippen LogP contribution in [0.3, 0.4) is 0 Å². The maximum Gasteiger partial charge on any atom is 0.207 e. The average Bonchev–Trinajstić information content (AvgIpc) is 2.75. The summed E-state index contributed by atoms with van der Waals surface area (Å²) < 4.78 is 3.30. The van der Waals surface area contributed by atoms with E-state index in [1.165, 1.54) is 9.26 Å². The highest BCUT2D eigenvalue weighted by Gasteiger charge is 2.06. The third-order valence-electron chi connectivity index (χ3n) is 2.29. The number of imidazole rings is 1. The van der Waals surface area contributed by atoms with Crippen LogP contribution < -0.4 is 5.32 Å². The zero-order valence-corrected chi connectivity index (χ0v) is 11.3. The summed E-state index contributed by atoms with van der Waals surface area (Å²) >= 11 is 2.34. The van der Waals surface area contributed by atoms with Gasteiger partial charge in [-0.1, -0.05) is 19.1 Å². The first-order chi connectivity index (χ1) is 7.83. The van der Waals surface area contributed by atoms with Gasteiger partial charge in [0.25, 0.3) is 0 Å². The van der Waals surface area contributed by atoms with E-state index in [4.69, 9.17) is 0 Å². The van der Waals surface area contributed by atoms with Gasteiger partial charge in [0.15, 0.2) is 0 Å². The number of hydrogen-bond donors (Lipinski definition) is 1. The van der Waals surface area contributed by atoms with Gasteiger partial charge in [0.2, 0.25) is 5.95 Å². The summed E-state index contributed by atoms with van der Waals surface area (Å²) in [4.78, 5) is 4.32. The van der Waals surface area contributed by atoms with E-state index in [1.54, 1.807) is 0 Å². The molecular formula is C12H14IN3. The second kappa shape index (κ2) is 5.34. The number of hydrogen-bond acceptors (Lipinski definition) is 2. The maximum atomic E-state index is 4.32. The Morgan fingerprint density at radius 2 is 2.19 bits per heavy atom. The highest BCUT2D eigenvalue weighted by molar-refractivity contribution is 14.1. The molecule has 16 heavy (non-hydrogen) atoms. The largest absolute Gasteiger partial charge is 0.355 e. The first-order valence-corrected chi connectivity index (χ1v) is 6.43. The zero-order chi connectivity index (χ0) is 11.4. The van der Waals surface area contributed by atoms with Gasteiger partial charge in [0, 0.05) is 22.5 Å². The molecule has 0 fully saturated rings. The normalized spacial score (nSPS) is 10.4. The number of aromatic nitrogens is 2. The Morgan fingerprint density at radius 1 is 1.38 bits per heavy atom. The van der Waals surface area contributed by atoms with Crippen molar-refractivity contribution >= 4 is 28.5 Å². The summed E-state index contributed by atoms with van der Waals surface area (Å²) in [5.41, 5.74) is 1.17. The maximum absolute atomic E-state index is 4.32. The van der Waals surface area contributed by atoms with Crippen LogP contribution in [0.4, 0.5) is 5.95 Å².